The Morgan fingerprint density at radius 1 is 0.725 bits per heavy atom. The Labute approximate surface area is 461 Å². The van der Waals surface area contributed by atoms with E-state index in [4.69, 9.17) is 25.1 Å². The normalized spacial score (nSPS) is 13.1. The van der Waals surface area contributed by atoms with Gasteiger partial charge in [0, 0.05) is 62.7 Å². The summed E-state index contributed by atoms with van der Waals surface area (Å²) in [6, 6.07) is 6.74. The SMILES string of the molecule is COCCOCCOCC(=O)N[C@@H](C)C(=O)N[C@@H](C)C(=O)N[C@@H](CC(N)=O)C(=O)N[C@@H](CCN(C(=O)CO)[C@@H](c1cc(-c2cc(F)ccc2F)cn1Cc1ccccc1)C(C)(C)C)C(=O)NCCNC(=O)CNC(=O)CCC(=O)O. The lowest BCUT2D eigenvalue weighted by Gasteiger charge is -2.41. The molecule has 0 unspecified atom stereocenters. The molecule has 0 aliphatic rings. The van der Waals surface area contributed by atoms with Crippen LogP contribution in [0, 0.1) is 17.0 Å². The summed E-state index contributed by atoms with van der Waals surface area (Å²) in [7, 11) is 1.51. The van der Waals surface area contributed by atoms with Crippen molar-refractivity contribution in [3.05, 3.63) is 83.7 Å². The zero-order valence-corrected chi connectivity index (χ0v) is 45.7. The van der Waals surface area contributed by atoms with Crippen LogP contribution in [0.3, 0.4) is 0 Å². The van der Waals surface area contributed by atoms with Gasteiger partial charge in [0.25, 0.3) is 0 Å². The average molecular weight is 1130 g/mol. The molecule has 0 saturated carbocycles. The summed E-state index contributed by atoms with van der Waals surface area (Å²) in [6.07, 6.45) is -0.465. The number of nitrogens with zero attached hydrogens (tertiary/aromatic N) is 2. The number of benzene rings is 2. The number of carboxylic acids is 1. The number of primary amides is 1. The van der Waals surface area contributed by atoms with Crippen LogP contribution in [0.15, 0.2) is 60.8 Å². The number of nitrogens with two attached hydrogens (primary N) is 1. The van der Waals surface area contributed by atoms with Crippen LogP contribution < -0.4 is 43.0 Å². The van der Waals surface area contributed by atoms with Crippen molar-refractivity contribution < 1.29 is 81.1 Å². The molecule has 25 nitrogen and oxygen atoms in total. The van der Waals surface area contributed by atoms with Gasteiger partial charge in [0.1, 0.15) is 49.0 Å². The van der Waals surface area contributed by atoms with Gasteiger partial charge in [-0.15, -0.1) is 0 Å². The maximum atomic E-state index is 15.4. The first-order valence-corrected chi connectivity index (χ1v) is 25.6. The molecule has 27 heteroatoms. The second-order valence-electron chi connectivity index (χ2n) is 19.5. The number of halogens is 2. The Hall–Kier alpha value is -7.88. The predicted octanol–water partition coefficient (Wildman–Crippen LogP) is -0.473. The van der Waals surface area contributed by atoms with Crippen LogP contribution in [0.2, 0.25) is 0 Å². The number of rotatable bonds is 35. The van der Waals surface area contributed by atoms with E-state index in [0.29, 0.717) is 18.9 Å². The summed E-state index contributed by atoms with van der Waals surface area (Å²) in [5, 5.41) is 36.2. The number of hydrogen-bond acceptors (Lipinski definition) is 14. The number of aliphatic hydroxyl groups excluding tert-OH is 1. The molecule has 440 valence electrons. The van der Waals surface area contributed by atoms with Crippen molar-refractivity contribution in [2.75, 3.05) is 72.9 Å². The van der Waals surface area contributed by atoms with Crippen LogP contribution in [0.4, 0.5) is 8.78 Å². The number of methoxy groups -OCH3 is 1. The molecule has 0 spiro atoms. The third kappa shape index (κ3) is 23.2. The minimum absolute atomic E-state index is 0.0759. The average Bonchev–Trinajstić information content (AvgIpc) is 3.95. The van der Waals surface area contributed by atoms with E-state index in [2.05, 4.69) is 37.2 Å². The second-order valence-corrected chi connectivity index (χ2v) is 19.5. The largest absolute Gasteiger partial charge is 0.481 e. The van der Waals surface area contributed by atoms with Crippen molar-refractivity contribution in [3.8, 4) is 11.1 Å². The Kier molecular flexibility index (Phi) is 27.8. The van der Waals surface area contributed by atoms with Gasteiger partial charge in [-0.1, -0.05) is 51.1 Å². The van der Waals surface area contributed by atoms with Gasteiger partial charge < -0.3 is 76.8 Å². The first kappa shape index (κ1) is 66.4. The molecule has 1 aromatic heterocycles. The number of aromatic nitrogens is 1. The van der Waals surface area contributed by atoms with Gasteiger partial charge in [-0.3, -0.25) is 47.9 Å². The molecule has 5 atom stereocenters. The molecule has 0 fully saturated rings. The van der Waals surface area contributed by atoms with Crippen LogP contribution in [0.5, 0.6) is 0 Å². The molecule has 3 aromatic rings. The number of aliphatic hydroxyl groups is 1. The lowest BCUT2D eigenvalue weighted by Crippen LogP contribution is -2.58. The quantitative estimate of drug-likeness (QED) is 0.0333. The highest BCUT2D eigenvalue weighted by Crippen LogP contribution is 2.41. The fourth-order valence-electron chi connectivity index (χ4n) is 7.96. The Morgan fingerprint density at radius 2 is 1.36 bits per heavy atom. The highest BCUT2D eigenvalue weighted by Gasteiger charge is 2.39. The lowest BCUT2D eigenvalue weighted by molar-refractivity contribution is -0.140. The van der Waals surface area contributed by atoms with Crippen LogP contribution in [0.1, 0.15) is 77.6 Å². The molecule has 1 heterocycles. The number of ether oxygens (including phenoxy) is 3. The maximum absolute atomic E-state index is 15.4. The number of amides is 9. The van der Waals surface area contributed by atoms with E-state index in [9.17, 15) is 57.4 Å². The summed E-state index contributed by atoms with van der Waals surface area (Å²) in [5.41, 5.74) is 5.98. The number of carbonyl (C=O) groups excluding carboxylic acids is 9. The second kappa shape index (κ2) is 33.5. The standard InChI is InChI=1S/C53H74F2N10O15/c1-32(60-45(70)31-80-23-22-79-21-20-78-6)49(74)61-33(2)50(75)63-40(26-42(56)67)52(77)62-39(51(76)58-18-17-57-44(69)27-59-43(68)14-15-47(72)73)16-19-65(46(71)30-66)48(53(3,4)5)41-24-35(37-25-36(54)12-13-38(37)55)29-64(41)28-34-10-8-7-9-11-34/h7-13,24-25,29,32-33,39-40,48,66H,14-23,26-28,30-31H2,1-6H3,(H2,56,67)(H,57,69)(H,58,76)(H,59,68)(H,60,70)(H,61,74)(H,62,77)(H,63,75)(H,72,73)/t32-,33-,39-,40-,48-/m0/s1. The molecule has 0 bridgehead atoms. The van der Waals surface area contributed by atoms with E-state index < -0.39 is 152 Å². The van der Waals surface area contributed by atoms with Crippen LogP contribution in [0.25, 0.3) is 11.1 Å². The van der Waals surface area contributed by atoms with E-state index in [0.717, 1.165) is 23.8 Å². The summed E-state index contributed by atoms with van der Waals surface area (Å²) in [4.78, 5) is 130. The van der Waals surface area contributed by atoms with Crippen LogP contribution in [-0.4, -0.2) is 176 Å². The van der Waals surface area contributed by atoms with Gasteiger partial charge >= 0.3 is 5.97 Å². The molecule has 3 rings (SSSR count). The Bertz CT molecular complexity index is 2600. The number of nitrogens with one attached hydrogen (secondary N) is 7. The molecule has 9 amide bonds. The lowest BCUT2D eigenvalue weighted by atomic mass is 9.82. The minimum Gasteiger partial charge on any atom is -0.481 e. The first-order chi connectivity index (χ1) is 37.8. The van der Waals surface area contributed by atoms with Gasteiger partial charge in [-0.2, -0.15) is 0 Å². The van der Waals surface area contributed by atoms with Crippen molar-refractivity contribution in [2.24, 2.45) is 11.1 Å². The highest BCUT2D eigenvalue weighted by atomic mass is 19.1. The van der Waals surface area contributed by atoms with Gasteiger partial charge in [0.05, 0.1) is 51.9 Å². The van der Waals surface area contributed by atoms with E-state index in [1.807, 2.05) is 18.2 Å². The maximum Gasteiger partial charge on any atom is 0.303 e. The zero-order valence-electron chi connectivity index (χ0n) is 45.7. The summed E-state index contributed by atoms with van der Waals surface area (Å²) in [6.45, 7) is 6.26. The van der Waals surface area contributed by atoms with E-state index in [1.54, 1.807) is 49.7 Å². The molecule has 0 aliphatic heterocycles. The molecular weight excluding hydrogens is 1050 g/mol. The predicted molar refractivity (Wildman–Crippen MR) is 283 cm³/mol. The molecular formula is C53H74F2N10O15. The number of hydrogen-bond donors (Lipinski definition) is 10. The fraction of sp³-hybridized carbons (Fsp3) is 0.509. The zero-order chi connectivity index (χ0) is 59.5. The van der Waals surface area contributed by atoms with Crippen LogP contribution >= 0.6 is 0 Å². The summed E-state index contributed by atoms with van der Waals surface area (Å²) in [5.74, 6) is -10.4. The van der Waals surface area contributed by atoms with Crippen molar-refractivity contribution in [1.82, 2.24) is 46.7 Å². The molecule has 2 aromatic carbocycles. The molecule has 80 heavy (non-hydrogen) atoms. The topological polar surface area (TPSA) is 357 Å². The fourth-order valence-corrected chi connectivity index (χ4v) is 7.96. The first-order valence-electron chi connectivity index (χ1n) is 25.6. The summed E-state index contributed by atoms with van der Waals surface area (Å²) < 4.78 is 47.1. The minimum atomic E-state index is -1.77. The smallest absolute Gasteiger partial charge is 0.303 e. The molecule has 0 saturated heterocycles. The highest BCUT2D eigenvalue weighted by molar-refractivity contribution is 5.97. The van der Waals surface area contributed by atoms with Gasteiger partial charge in [-0.25, -0.2) is 8.78 Å². The third-order valence-electron chi connectivity index (χ3n) is 11.9. The van der Waals surface area contributed by atoms with Gasteiger partial charge in [0.2, 0.25) is 53.2 Å². The van der Waals surface area contributed by atoms with E-state index in [1.165, 1.54) is 25.9 Å². The Morgan fingerprint density at radius 3 is 2.01 bits per heavy atom. The summed E-state index contributed by atoms with van der Waals surface area (Å²) >= 11 is 0. The van der Waals surface area contributed by atoms with Crippen molar-refractivity contribution >= 4 is 59.1 Å². The molecule has 0 aliphatic carbocycles. The number of carbonyl (C=O) groups is 10. The van der Waals surface area contributed by atoms with E-state index in [-0.39, 0.29) is 50.4 Å². The van der Waals surface area contributed by atoms with Crippen LogP contribution in [-0.2, 0) is 68.7 Å². The van der Waals surface area contributed by atoms with Gasteiger partial charge in [0.15, 0.2) is 0 Å². The van der Waals surface area contributed by atoms with Crippen molar-refractivity contribution in [1.29, 1.82) is 0 Å². The Balaban J connectivity index is 1.94. The third-order valence-corrected chi connectivity index (χ3v) is 11.9. The molecule has 0 radical (unpaired) electrons. The number of aliphatic carboxylic acids is 1. The van der Waals surface area contributed by atoms with Gasteiger partial charge in [-0.05, 0) is 55.5 Å². The monoisotopic (exact) mass is 1130 g/mol. The van der Waals surface area contributed by atoms with E-state index >= 15 is 4.39 Å². The number of carboxylic acid groups (broad SMARTS) is 1. The van der Waals surface area contributed by atoms with Crippen molar-refractivity contribution in [3.63, 3.8) is 0 Å². The molecule has 11 N–H and O–H groups in total. The van der Waals surface area contributed by atoms with Crippen molar-refractivity contribution in [2.45, 2.75) is 97.1 Å².